The molecule has 3 N–H and O–H groups in total. The molecule has 0 amide bonds. The molecular formula is C14H17NO4. The van der Waals surface area contributed by atoms with E-state index in [1.165, 1.54) is 6.08 Å². The fourth-order valence-corrected chi connectivity index (χ4v) is 1.64. The van der Waals surface area contributed by atoms with Gasteiger partial charge in [-0.2, -0.15) is 0 Å². The zero-order valence-electron chi connectivity index (χ0n) is 10.8. The van der Waals surface area contributed by atoms with Crippen molar-refractivity contribution in [3.8, 4) is 0 Å². The average molecular weight is 263 g/mol. The van der Waals surface area contributed by atoms with Crippen LogP contribution in [-0.2, 0) is 20.7 Å². The van der Waals surface area contributed by atoms with E-state index in [1.807, 2.05) is 0 Å². The third kappa shape index (κ3) is 5.25. The lowest BCUT2D eigenvalue weighted by Gasteiger charge is -2.07. The summed E-state index contributed by atoms with van der Waals surface area (Å²) in [6.45, 7) is 2.10. The number of aryl methyl sites for hydroxylation is 1. The van der Waals surface area contributed by atoms with Crippen LogP contribution in [0, 0.1) is 0 Å². The number of rotatable bonds is 6. The maximum Gasteiger partial charge on any atom is 0.328 e. The van der Waals surface area contributed by atoms with Crippen LogP contribution in [0.25, 0.3) is 6.08 Å². The molecule has 102 valence electrons. The van der Waals surface area contributed by atoms with Crippen LogP contribution in [0.4, 0.5) is 5.69 Å². The van der Waals surface area contributed by atoms with Gasteiger partial charge in [-0.3, -0.25) is 4.79 Å². The van der Waals surface area contributed by atoms with Crippen LogP contribution in [0.5, 0.6) is 0 Å². The van der Waals surface area contributed by atoms with Crippen molar-refractivity contribution < 1.29 is 19.4 Å². The molecule has 5 heteroatoms. The maximum absolute atomic E-state index is 11.3. The molecule has 0 fully saturated rings. The smallest absolute Gasteiger partial charge is 0.328 e. The molecule has 19 heavy (non-hydrogen) atoms. The quantitative estimate of drug-likeness (QED) is 0.464. The van der Waals surface area contributed by atoms with Gasteiger partial charge in [-0.15, -0.1) is 0 Å². The van der Waals surface area contributed by atoms with Crippen LogP contribution in [0.3, 0.4) is 0 Å². The molecular weight excluding hydrogens is 246 g/mol. The minimum atomic E-state index is -1.02. The summed E-state index contributed by atoms with van der Waals surface area (Å²) in [4.78, 5) is 21.8. The molecule has 5 nitrogen and oxygen atoms in total. The van der Waals surface area contributed by atoms with Gasteiger partial charge in [0.25, 0.3) is 0 Å². The number of esters is 1. The van der Waals surface area contributed by atoms with Gasteiger partial charge in [-0.25, -0.2) is 4.79 Å². The topological polar surface area (TPSA) is 89.6 Å². The van der Waals surface area contributed by atoms with Gasteiger partial charge in [0, 0.05) is 18.2 Å². The van der Waals surface area contributed by atoms with Gasteiger partial charge in [0.1, 0.15) is 0 Å². The fourth-order valence-electron chi connectivity index (χ4n) is 1.64. The molecule has 1 aromatic carbocycles. The third-order valence-corrected chi connectivity index (χ3v) is 2.48. The summed E-state index contributed by atoms with van der Waals surface area (Å²) in [5.74, 6) is -1.30. The van der Waals surface area contributed by atoms with Gasteiger partial charge >= 0.3 is 11.9 Å². The van der Waals surface area contributed by atoms with Crippen molar-refractivity contribution in [3.05, 3.63) is 35.4 Å². The molecule has 0 saturated carbocycles. The highest BCUT2D eigenvalue weighted by Crippen LogP contribution is 2.17. The molecule has 1 aromatic rings. The Hall–Kier alpha value is -2.30. The normalized spacial score (nSPS) is 10.6. The number of aliphatic carboxylic acids is 1. The van der Waals surface area contributed by atoms with E-state index in [1.54, 1.807) is 25.1 Å². The van der Waals surface area contributed by atoms with Crippen molar-refractivity contribution in [1.29, 1.82) is 0 Å². The van der Waals surface area contributed by atoms with E-state index < -0.39 is 5.97 Å². The Kier molecular flexibility index (Phi) is 5.60. The Bertz CT molecular complexity index is 494. The molecule has 0 radical (unpaired) electrons. The van der Waals surface area contributed by atoms with Crippen molar-refractivity contribution in [2.45, 2.75) is 19.8 Å². The summed E-state index contributed by atoms with van der Waals surface area (Å²) in [6.07, 6.45) is 3.25. The highest BCUT2D eigenvalue weighted by atomic mass is 16.5. The van der Waals surface area contributed by atoms with Crippen molar-refractivity contribution in [1.82, 2.24) is 0 Å². The Morgan fingerprint density at radius 2 is 2.16 bits per heavy atom. The van der Waals surface area contributed by atoms with Crippen molar-refractivity contribution >= 4 is 23.7 Å². The van der Waals surface area contributed by atoms with Gasteiger partial charge in [-0.1, -0.05) is 6.07 Å². The summed E-state index contributed by atoms with van der Waals surface area (Å²) in [7, 11) is 0. The molecule has 0 spiro atoms. The summed E-state index contributed by atoms with van der Waals surface area (Å²) in [5, 5.41) is 8.62. The Balaban J connectivity index is 2.82. The molecule has 0 atom stereocenters. The fraction of sp³-hybridized carbons (Fsp3) is 0.286. The molecule has 0 aliphatic heterocycles. The number of carboxylic acid groups (broad SMARTS) is 1. The van der Waals surface area contributed by atoms with Crippen molar-refractivity contribution in [2.24, 2.45) is 0 Å². The number of hydrogen-bond acceptors (Lipinski definition) is 4. The molecule has 0 aromatic heterocycles. The monoisotopic (exact) mass is 263 g/mol. The van der Waals surface area contributed by atoms with Crippen molar-refractivity contribution in [3.63, 3.8) is 0 Å². The van der Waals surface area contributed by atoms with Gasteiger partial charge in [0.2, 0.25) is 0 Å². The predicted octanol–water partition coefficient (Wildman–Crippen LogP) is 1.86. The summed E-state index contributed by atoms with van der Waals surface area (Å²) < 4.78 is 4.85. The van der Waals surface area contributed by atoms with Crippen molar-refractivity contribution in [2.75, 3.05) is 12.3 Å². The predicted molar refractivity (Wildman–Crippen MR) is 72.5 cm³/mol. The van der Waals surface area contributed by atoms with Gasteiger partial charge in [0.05, 0.1) is 6.61 Å². The van der Waals surface area contributed by atoms with Crippen LogP contribution in [-0.4, -0.2) is 23.7 Å². The Labute approximate surface area is 111 Å². The number of benzene rings is 1. The van der Waals surface area contributed by atoms with E-state index in [0.717, 1.165) is 17.2 Å². The third-order valence-electron chi connectivity index (χ3n) is 2.48. The second-order valence-electron chi connectivity index (χ2n) is 3.93. The number of anilines is 1. The first-order valence-corrected chi connectivity index (χ1v) is 5.98. The Morgan fingerprint density at radius 1 is 1.42 bits per heavy atom. The number of carboxylic acids is 1. The molecule has 0 aliphatic carbocycles. The average Bonchev–Trinajstić information content (AvgIpc) is 2.35. The summed E-state index contributed by atoms with van der Waals surface area (Å²) >= 11 is 0. The van der Waals surface area contributed by atoms with Crippen LogP contribution in [0.2, 0.25) is 0 Å². The lowest BCUT2D eigenvalue weighted by atomic mass is 10.0. The number of ether oxygens (including phenoxy) is 1. The minimum absolute atomic E-state index is 0.241. The van der Waals surface area contributed by atoms with Crippen LogP contribution < -0.4 is 5.73 Å². The molecule has 1 rings (SSSR count). The number of carbonyl (C=O) groups excluding carboxylic acids is 1. The van der Waals surface area contributed by atoms with E-state index >= 15 is 0 Å². The first-order valence-electron chi connectivity index (χ1n) is 5.98. The van der Waals surface area contributed by atoms with Crippen LogP contribution >= 0.6 is 0 Å². The second-order valence-corrected chi connectivity index (χ2v) is 3.93. The molecule has 0 heterocycles. The number of nitrogens with two attached hydrogens (primary N) is 1. The zero-order valence-corrected chi connectivity index (χ0v) is 10.8. The summed E-state index contributed by atoms with van der Waals surface area (Å²) in [6, 6.07) is 5.16. The molecule has 0 unspecified atom stereocenters. The first kappa shape index (κ1) is 14.8. The van der Waals surface area contributed by atoms with E-state index in [-0.39, 0.29) is 12.4 Å². The molecule has 0 aliphatic rings. The van der Waals surface area contributed by atoms with E-state index in [4.69, 9.17) is 15.6 Å². The highest BCUT2D eigenvalue weighted by molar-refractivity contribution is 5.85. The standard InChI is InChI=1S/C14H17NO4/c1-2-19-14(18)8-5-11-9-12(15)6-3-10(11)4-7-13(16)17/h3-4,6-7,9H,2,5,8,15H2,1H3,(H,16,17)/b7-4+. The van der Waals surface area contributed by atoms with Crippen LogP contribution in [0.15, 0.2) is 24.3 Å². The number of carbonyl (C=O) groups is 2. The van der Waals surface area contributed by atoms with Crippen LogP contribution in [0.1, 0.15) is 24.5 Å². The lowest BCUT2D eigenvalue weighted by molar-refractivity contribution is -0.143. The Morgan fingerprint density at radius 3 is 2.79 bits per heavy atom. The van der Waals surface area contributed by atoms with E-state index in [2.05, 4.69) is 0 Å². The minimum Gasteiger partial charge on any atom is -0.478 e. The zero-order chi connectivity index (χ0) is 14.3. The molecule has 0 bridgehead atoms. The van der Waals surface area contributed by atoms with E-state index in [9.17, 15) is 9.59 Å². The highest BCUT2D eigenvalue weighted by Gasteiger charge is 2.06. The van der Waals surface area contributed by atoms with Gasteiger partial charge in [-0.05, 0) is 42.7 Å². The van der Waals surface area contributed by atoms with Gasteiger partial charge < -0.3 is 15.6 Å². The first-order chi connectivity index (χ1) is 9.02. The number of hydrogen-bond donors (Lipinski definition) is 2. The largest absolute Gasteiger partial charge is 0.478 e. The summed E-state index contributed by atoms with van der Waals surface area (Å²) in [5.41, 5.74) is 7.83. The SMILES string of the molecule is CCOC(=O)CCc1cc(N)ccc1/C=C/C(=O)O. The lowest BCUT2D eigenvalue weighted by Crippen LogP contribution is -2.06. The maximum atomic E-state index is 11.3. The second kappa shape index (κ2) is 7.20. The van der Waals surface area contributed by atoms with E-state index in [0.29, 0.717) is 18.7 Å². The number of nitrogen functional groups attached to an aromatic ring is 1. The van der Waals surface area contributed by atoms with Gasteiger partial charge in [0.15, 0.2) is 0 Å². The molecule has 0 saturated heterocycles.